The number of anilines is 2. The molecule has 2 heterocycles. The number of aryl methyl sites for hydroxylation is 1. The Morgan fingerprint density at radius 3 is 2.66 bits per heavy atom. The minimum Gasteiger partial charge on any atom is -0.494 e. The molecule has 1 amide bonds. The van der Waals surface area contributed by atoms with Gasteiger partial charge in [-0.1, -0.05) is 5.16 Å². The topological polar surface area (TPSA) is 111 Å². The van der Waals surface area contributed by atoms with Gasteiger partial charge in [-0.3, -0.25) is 9.52 Å². The first kappa shape index (κ1) is 22.1. The highest BCUT2D eigenvalue weighted by atomic mass is 32.2. The van der Waals surface area contributed by atoms with Crippen LogP contribution in [0.15, 0.2) is 45.1 Å². The largest absolute Gasteiger partial charge is 0.494 e. The van der Waals surface area contributed by atoms with E-state index < -0.39 is 10.0 Å². The maximum Gasteiger partial charge on any atom is 0.271 e. The number of hydrogen-bond donors (Lipinski definition) is 2. The average Bonchev–Trinajstić information content (AvgIpc) is 3.41. The second kappa shape index (κ2) is 9.17. The molecule has 1 saturated carbocycles. The summed E-state index contributed by atoms with van der Waals surface area (Å²) in [6, 6.07) is 9.98. The fourth-order valence-corrected chi connectivity index (χ4v) is 5.23. The molecule has 3 aromatic rings. The van der Waals surface area contributed by atoms with E-state index in [2.05, 4.69) is 15.2 Å². The molecule has 0 bridgehead atoms. The third-order valence-corrected chi connectivity index (χ3v) is 7.69. The predicted octanol–water partition coefficient (Wildman–Crippen LogP) is 4.76. The predicted molar refractivity (Wildman–Crippen MR) is 124 cm³/mol. The number of carbonyl (C=O) groups is 1. The van der Waals surface area contributed by atoms with E-state index in [1.54, 1.807) is 55.5 Å². The first-order valence-electron chi connectivity index (χ1n) is 10.2. The van der Waals surface area contributed by atoms with Crippen molar-refractivity contribution in [3.8, 4) is 5.75 Å². The molecule has 2 aromatic heterocycles. The van der Waals surface area contributed by atoms with Crippen LogP contribution in [0.3, 0.4) is 0 Å². The van der Waals surface area contributed by atoms with Crippen molar-refractivity contribution in [1.82, 2.24) is 5.16 Å². The molecule has 0 atom stereocenters. The van der Waals surface area contributed by atoms with E-state index in [4.69, 9.17) is 9.26 Å². The Kier molecular flexibility index (Phi) is 6.33. The number of nitrogens with one attached hydrogen (secondary N) is 2. The van der Waals surface area contributed by atoms with Crippen LogP contribution in [0.5, 0.6) is 5.75 Å². The van der Waals surface area contributed by atoms with Crippen LogP contribution in [0.1, 0.15) is 36.1 Å². The normalized spacial score (nSPS) is 13.9. The van der Waals surface area contributed by atoms with Crippen LogP contribution in [0, 0.1) is 12.8 Å². The molecule has 0 saturated heterocycles. The van der Waals surface area contributed by atoms with Gasteiger partial charge >= 0.3 is 0 Å². The Labute approximate surface area is 190 Å². The smallest absolute Gasteiger partial charge is 0.271 e. The fourth-order valence-electron chi connectivity index (χ4n) is 2.94. The summed E-state index contributed by atoms with van der Waals surface area (Å²) >= 11 is 1.12. The molecular weight excluding hydrogens is 450 g/mol. The summed E-state index contributed by atoms with van der Waals surface area (Å²) in [7, 11) is -3.72. The summed E-state index contributed by atoms with van der Waals surface area (Å²) in [4.78, 5) is 12.8. The van der Waals surface area contributed by atoms with Crippen molar-refractivity contribution in [2.75, 3.05) is 16.6 Å². The maximum absolute atomic E-state index is 12.7. The lowest BCUT2D eigenvalue weighted by atomic mass is 10.2. The van der Waals surface area contributed by atoms with Crippen molar-refractivity contribution in [2.24, 2.45) is 5.92 Å². The number of benzene rings is 1. The lowest BCUT2D eigenvalue weighted by molar-refractivity contribution is -0.117. The van der Waals surface area contributed by atoms with E-state index >= 15 is 0 Å². The Balaban J connectivity index is 1.45. The van der Waals surface area contributed by atoms with Gasteiger partial charge < -0.3 is 14.6 Å². The van der Waals surface area contributed by atoms with Gasteiger partial charge in [0.2, 0.25) is 5.91 Å². The number of hydrogen-bond acceptors (Lipinski definition) is 7. The molecule has 2 N–H and O–H groups in total. The van der Waals surface area contributed by atoms with E-state index in [1.165, 1.54) is 0 Å². The molecule has 0 radical (unpaired) electrons. The van der Waals surface area contributed by atoms with E-state index in [0.717, 1.165) is 24.2 Å². The Hall–Kier alpha value is -3.11. The minimum atomic E-state index is -3.72. The van der Waals surface area contributed by atoms with Crippen LogP contribution in [0.2, 0.25) is 0 Å². The van der Waals surface area contributed by atoms with Crippen LogP contribution in [0.4, 0.5) is 11.4 Å². The van der Waals surface area contributed by atoms with E-state index in [-0.39, 0.29) is 16.0 Å². The molecule has 1 aliphatic rings. The van der Waals surface area contributed by atoms with E-state index in [0.29, 0.717) is 40.1 Å². The first-order chi connectivity index (χ1) is 15.4. The third-order valence-electron chi connectivity index (χ3n) is 4.77. The van der Waals surface area contributed by atoms with Crippen LogP contribution in [-0.2, 0) is 14.8 Å². The van der Waals surface area contributed by atoms with E-state index in [9.17, 15) is 13.2 Å². The summed E-state index contributed by atoms with van der Waals surface area (Å²) in [6.07, 6.45) is 5.20. The van der Waals surface area contributed by atoms with Gasteiger partial charge in [0.05, 0.1) is 6.61 Å². The molecule has 10 heteroatoms. The average molecular weight is 474 g/mol. The fraction of sp³-hybridized carbons (Fsp3) is 0.273. The number of carbonyl (C=O) groups excluding carboxylic acids is 1. The number of nitrogens with zero attached hydrogens (tertiary/aromatic N) is 1. The van der Waals surface area contributed by atoms with Crippen LogP contribution in [0.25, 0.3) is 12.2 Å². The number of rotatable bonds is 9. The van der Waals surface area contributed by atoms with Gasteiger partial charge in [0.1, 0.15) is 21.3 Å². The molecule has 0 spiro atoms. The van der Waals surface area contributed by atoms with Gasteiger partial charge in [-0.15, -0.1) is 11.3 Å². The van der Waals surface area contributed by atoms with Crippen molar-refractivity contribution in [3.63, 3.8) is 0 Å². The van der Waals surface area contributed by atoms with E-state index in [1.807, 2.05) is 6.92 Å². The van der Waals surface area contributed by atoms with Gasteiger partial charge in [0.25, 0.3) is 10.0 Å². The standard InChI is InChI=1S/C22H23N3O5S2/c1-3-29-17-8-6-16(7-9-17)25-32(27,28)20-13-11-18(31-20)10-12-19-21(14(2)24-30-19)23-22(26)15-4-5-15/h6-13,15,25H,3-5H2,1-2H3,(H,23,26)/b12-10+. The van der Waals surface area contributed by atoms with Crippen molar-refractivity contribution < 1.29 is 22.5 Å². The van der Waals surface area contributed by atoms with Crippen LogP contribution in [-0.4, -0.2) is 26.1 Å². The number of aromatic nitrogens is 1. The van der Waals surface area contributed by atoms with Gasteiger partial charge in [0.15, 0.2) is 5.76 Å². The Morgan fingerprint density at radius 2 is 1.97 bits per heavy atom. The second-order valence-corrected chi connectivity index (χ2v) is 10.3. The second-order valence-electron chi connectivity index (χ2n) is 7.32. The highest BCUT2D eigenvalue weighted by molar-refractivity contribution is 7.94. The summed E-state index contributed by atoms with van der Waals surface area (Å²) in [5.74, 6) is 1.13. The lowest BCUT2D eigenvalue weighted by Gasteiger charge is -2.07. The highest BCUT2D eigenvalue weighted by Gasteiger charge is 2.30. The van der Waals surface area contributed by atoms with Gasteiger partial charge in [-0.05, 0) is 75.2 Å². The molecule has 1 aromatic carbocycles. The zero-order valence-corrected chi connectivity index (χ0v) is 19.3. The van der Waals surface area contributed by atoms with Crippen molar-refractivity contribution in [2.45, 2.75) is 30.9 Å². The molecule has 8 nitrogen and oxygen atoms in total. The Bertz CT molecular complexity index is 1240. The van der Waals surface area contributed by atoms with Gasteiger partial charge in [-0.25, -0.2) is 8.42 Å². The van der Waals surface area contributed by atoms with Gasteiger partial charge in [-0.2, -0.15) is 0 Å². The van der Waals surface area contributed by atoms with Gasteiger partial charge in [0, 0.05) is 16.5 Å². The number of amides is 1. The van der Waals surface area contributed by atoms with Crippen molar-refractivity contribution >= 4 is 50.8 Å². The summed E-state index contributed by atoms with van der Waals surface area (Å²) in [5, 5.41) is 6.79. The molecule has 1 fully saturated rings. The zero-order valence-electron chi connectivity index (χ0n) is 17.6. The first-order valence-corrected chi connectivity index (χ1v) is 12.5. The molecule has 168 valence electrons. The van der Waals surface area contributed by atoms with Crippen molar-refractivity contribution in [1.29, 1.82) is 0 Å². The van der Waals surface area contributed by atoms with Crippen LogP contribution < -0.4 is 14.8 Å². The monoisotopic (exact) mass is 473 g/mol. The summed E-state index contributed by atoms with van der Waals surface area (Å²) in [5.41, 5.74) is 1.58. The number of thiophene rings is 1. The molecule has 0 aliphatic heterocycles. The third kappa shape index (κ3) is 5.20. The highest BCUT2D eigenvalue weighted by Crippen LogP contribution is 2.32. The minimum absolute atomic E-state index is 0.0317. The molecule has 0 unspecified atom stereocenters. The number of ether oxygens (including phenoxy) is 1. The summed E-state index contributed by atoms with van der Waals surface area (Å²) in [6.45, 7) is 4.18. The Morgan fingerprint density at radius 1 is 1.22 bits per heavy atom. The lowest BCUT2D eigenvalue weighted by Crippen LogP contribution is -2.14. The van der Waals surface area contributed by atoms with Crippen molar-refractivity contribution in [3.05, 3.63) is 52.7 Å². The SMILES string of the molecule is CCOc1ccc(NS(=O)(=O)c2ccc(/C=C/c3onc(C)c3NC(=O)C3CC3)s2)cc1. The quantitative estimate of drug-likeness (QED) is 0.463. The maximum atomic E-state index is 12.7. The molecule has 32 heavy (non-hydrogen) atoms. The zero-order chi connectivity index (χ0) is 22.7. The molecule has 1 aliphatic carbocycles. The molecular formula is C22H23N3O5S2. The van der Waals surface area contributed by atoms with Crippen LogP contribution >= 0.6 is 11.3 Å². The number of sulfonamides is 1. The summed E-state index contributed by atoms with van der Waals surface area (Å²) < 4.78 is 38.9. The molecule has 4 rings (SSSR count).